The van der Waals surface area contributed by atoms with E-state index in [1.54, 1.807) is 42.7 Å². The number of carbonyl (C=O) groups excluding carboxylic acids is 1. The van der Waals surface area contributed by atoms with E-state index in [1.807, 2.05) is 11.4 Å². The lowest BCUT2D eigenvalue weighted by Gasteiger charge is -2.06. The zero-order chi connectivity index (χ0) is 16.9. The Labute approximate surface area is 147 Å². The van der Waals surface area contributed by atoms with Crippen LogP contribution in [-0.4, -0.2) is 24.6 Å². The number of ether oxygens (including phenoxy) is 2. The smallest absolute Gasteiger partial charge is 0.264 e. The first-order chi connectivity index (χ1) is 11.6. The summed E-state index contributed by atoms with van der Waals surface area (Å²) in [5, 5.41) is 5.26. The van der Waals surface area contributed by atoms with Crippen molar-refractivity contribution in [2.75, 3.05) is 19.0 Å². The number of methoxy groups -OCH3 is 1. The molecule has 24 heavy (non-hydrogen) atoms. The number of hydrogen-bond acceptors (Lipinski definition) is 6. The maximum Gasteiger partial charge on any atom is 0.264 e. The summed E-state index contributed by atoms with van der Waals surface area (Å²) < 4.78 is 10.5. The summed E-state index contributed by atoms with van der Waals surface area (Å²) in [4.78, 5) is 18.7. The maximum absolute atomic E-state index is 12.0. The number of carbonyl (C=O) groups is 1. The zero-order valence-corrected chi connectivity index (χ0v) is 14.9. The summed E-state index contributed by atoms with van der Waals surface area (Å²) >= 11 is 3.08. The molecule has 2 aromatic heterocycles. The molecule has 1 amide bonds. The zero-order valence-electron chi connectivity index (χ0n) is 13.2. The fourth-order valence-corrected chi connectivity index (χ4v) is 3.62. The van der Waals surface area contributed by atoms with Crippen LogP contribution < -0.4 is 14.8 Å². The highest BCUT2D eigenvalue weighted by Crippen LogP contribution is 2.30. The van der Waals surface area contributed by atoms with Crippen LogP contribution in [0.5, 0.6) is 11.5 Å². The molecule has 1 aromatic carbocycles. The molecule has 0 spiro atoms. The lowest BCUT2D eigenvalue weighted by molar-refractivity contribution is -0.118. The van der Waals surface area contributed by atoms with Crippen LogP contribution in [0.15, 0.2) is 41.8 Å². The van der Waals surface area contributed by atoms with Crippen LogP contribution in [0.2, 0.25) is 0 Å². The molecule has 0 radical (unpaired) electrons. The third-order valence-corrected chi connectivity index (χ3v) is 4.95. The Balaban J connectivity index is 1.54. The molecule has 0 saturated carbocycles. The Morgan fingerprint density at radius 2 is 1.92 bits per heavy atom. The average Bonchev–Trinajstić information content (AvgIpc) is 3.22. The van der Waals surface area contributed by atoms with Crippen molar-refractivity contribution in [3.63, 3.8) is 0 Å². The molecule has 124 valence electrons. The molecule has 3 aromatic rings. The maximum atomic E-state index is 12.0. The largest absolute Gasteiger partial charge is 0.497 e. The molecule has 0 atom stereocenters. The van der Waals surface area contributed by atoms with Crippen LogP contribution in [0.1, 0.15) is 4.88 Å². The molecule has 0 aliphatic carbocycles. The fraction of sp³-hybridized carbons (Fsp3) is 0.176. The van der Waals surface area contributed by atoms with E-state index in [0.29, 0.717) is 10.9 Å². The van der Waals surface area contributed by atoms with E-state index in [1.165, 1.54) is 16.2 Å². The number of nitrogens with one attached hydrogen (secondary N) is 1. The fourth-order valence-electron chi connectivity index (χ4n) is 1.99. The van der Waals surface area contributed by atoms with Crippen molar-refractivity contribution in [3.05, 3.63) is 46.7 Å². The molecule has 0 saturated heterocycles. The summed E-state index contributed by atoms with van der Waals surface area (Å²) in [5.41, 5.74) is 0.879. The SMILES string of the molecule is COc1ccc(OCC(=O)Nc2nc(-c3ccc(C)s3)cs2)cc1. The minimum Gasteiger partial charge on any atom is -0.497 e. The highest BCUT2D eigenvalue weighted by atomic mass is 32.1. The molecule has 2 heterocycles. The lowest BCUT2D eigenvalue weighted by Crippen LogP contribution is -2.20. The average molecular weight is 360 g/mol. The number of aromatic nitrogens is 1. The second-order valence-corrected chi connectivity index (χ2v) is 7.11. The van der Waals surface area contributed by atoms with Gasteiger partial charge in [0.2, 0.25) is 0 Å². The van der Waals surface area contributed by atoms with Crippen molar-refractivity contribution in [2.24, 2.45) is 0 Å². The van der Waals surface area contributed by atoms with Gasteiger partial charge in [0.1, 0.15) is 11.5 Å². The summed E-state index contributed by atoms with van der Waals surface area (Å²) in [6.45, 7) is 1.99. The van der Waals surface area contributed by atoms with Gasteiger partial charge in [0, 0.05) is 10.3 Å². The Morgan fingerprint density at radius 3 is 2.58 bits per heavy atom. The minimum atomic E-state index is -0.242. The van der Waals surface area contributed by atoms with Crippen LogP contribution >= 0.6 is 22.7 Å². The summed E-state index contributed by atoms with van der Waals surface area (Å²) in [7, 11) is 1.60. The van der Waals surface area contributed by atoms with Crippen molar-refractivity contribution >= 4 is 33.7 Å². The van der Waals surface area contributed by atoms with Crippen LogP contribution in [0.4, 0.5) is 5.13 Å². The van der Waals surface area contributed by atoms with Gasteiger partial charge >= 0.3 is 0 Å². The molecule has 7 heteroatoms. The third kappa shape index (κ3) is 4.12. The normalized spacial score (nSPS) is 10.4. The van der Waals surface area contributed by atoms with Crippen LogP contribution in [0.25, 0.3) is 10.6 Å². The van der Waals surface area contributed by atoms with Crippen molar-refractivity contribution < 1.29 is 14.3 Å². The standard InChI is InChI=1S/C17H16N2O3S2/c1-11-3-8-15(24-11)14-10-23-17(18-14)19-16(20)9-22-13-6-4-12(21-2)5-7-13/h3-8,10H,9H2,1-2H3,(H,18,19,20). The number of rotatable bonds is 6. The van der Waals surface area contributed by atoms with Gasteiger partial charge in [0.15, 0.2) is 11.7 Å². The molecule has 0 aliphatic rings. The topological polar surface area (TPSA) is 60.5 Å². The molecule has 5 nitrogen and oxygen atoms in total. The van der Waals surface area contributed by atoms with Gasteiger partial charge in [-0.15, -0.1) is 22.7 Å². The molecule has 0 bridgehead atoms. The Hall–Kier alpha value is -2.38. The number of anilines is 1. The summed E-state index contributed by atoms with van der Waals surface area (Å²) in [5.74, 6) is 1.11. The monoisotopic (exact) mass is 360 g/mol. The van der Waals surface area contributed by atoms with E-state index < -0.39 is 0 Å². The number of benzene rings is 1. The number of aryl methyl sites for hydroxylation is 1. The van der Waals surface area contributed by atoms with Crippen LogP contribution in [-0.2, 0) is 4.79 Å². The molecule has 0 unspecified atom stereocenters. The van der Waals surface area contributed by atoms with Crippen molar-refractivity contribution in [3.8, 4) is 22.1 Å². The quantitative estimate of drug-likeness (QED) is 0.715. The highest BCUT2D eigenvalue weighted by Gasteiger charge is 2.10. The first-order valence-electron chi connectivity index (χ1n) is 7.23. The predicted octanol–water partition coefficient (Wildman–Crippen LogP) is 4.21. The second-order valence-electron chi connectivity index (χ2n) is 4.96. The van der Waals surface area contributed by atoms with Crippen molar-refractivity contribution in [1.29, 1.82) is 0 Å². The van der Waals surface area contributed by atoms with Gasteiger partial charge in [-0.25, -0.2) is 4.98 Å². The summed E-state index contributed by atoms with van der Waals surface area (Å²) in [6.07, 6.45) is 0. The predicted molar refractivity (Wildman–Crippen MR) is 97.3 cm³/mol. The van der Waals surface area contributed by atoms with Crippen LogP contribution in [0.3, 0.4) is 0 Å². The Kier molecular flexibility index (Phi) is 5.12. The van der Waals surface area contributed by atoms with E-state index in [0.717, 1.165) is 16.3 Å². The van der Waals surface area contributed by atoms with Gasteiger partial charge in [-0.2, -0.15) is 0 Å². The number of thiazole rings is 1. The Morgan fingerprint density at radius 1 is 1.17 bits per heavy atom. The van der Waals surface area contributed by atoms with E-state index in [4.69, 9.17) is 9.47 Å². The van der Waals surface area contributed by atoms with Gasteiger partial charge in [-0.1, -0.05) is 0 Å². The van der Waals surface area contributed by atoms with E-state index in [2.05, 4.69) is 23.3 Å². The first-order valence-corrected chi connectivity index (χ1v) is 8.93. The molecule has 0 aliphatic heterocycles. The van der Waals surface area contributed by atoms with Gasteiger partial charge in [-0.05, 0) is 43.3 Å². The number of hydrogen-bond donors (Lipinski definition) is 1. The highest BCUT2D eigenvalue weighted by molar-refractivity contribution is 7.17. The van der Waals surface area contributed by atoms with Gasteiger partial charge in [-0.3, -0.25) is 10.1 Å². The minimum absolute atomic E-state index is 0.0701. The lowest BCUT2D eigenvalue weighted by atomic mass is 10.3. The van der Waals surface area contributed by atoms with Crippen LogP contribution in [0, 0.1) is 6.92 Å². The Bertz CT molecular complexity index is 824. The number of amides is 1. The molecule has 3 rings (SSSR count). The molecular weight excluding hydrogens is 344 g/mol. The third-order valence-electron chi connectivity index (χ3n) is 3.17. The van der Waals surface area contributed by atoms with Gasteiger partial charge in [0.25, 0.3) is 5.91 Å². The van der Waals surface area contributed by atoms with Crippen molar-refractivity contribution in [1.82, 2.24) is 4.98 Å². The van der Waals surface area contributed by atoms with Gasteiger partial charge in [0.05, 0.1) is 17.7 Å². The summed E-state index contributed by atoms with van der Waals surface area (Å²) in [6, 6.07) is 11.2. The molecular formula is C17H16N2O3S2. The number of thiophene rings is 1. The van der Waals surface area contributed by atoms with E-state index in [-0.39, 0.29) is 12.5 Å². The number of nitrogens with zero attached hydrogens (tertiary/aromatic N) is 1. The van der Waals surface area contributed by atoms with E-state index >= 15 is 0 Å². The first kappa shape index (κ1) is 16.5. The molecule has 0 fully saturated rings. The van der Waals surface area contributed by atoms with Crippen molar-refractivity contribution in [2.45, 2.75) is 6.92 Å². The second kappa shape index (κ2) is 7.46. The van der Waals surface area contributed by atoms with Gasteiger partial charge < -0.3 is 9.47 Å². The molecule has 1 N–H and O–H groups in total. The van der Waals surface area contributed by atoms with E-state index in [9.17, 15) is 4.79 Å².